The number of aryl methyl sites for hydroxylation is 1. The van der Waals surface area contributed by atoms with Crippen LogP contribution in [0.5, 0.6) is 11.5 Å². The molecule has 3 rings (SSSR count). The maximum atomic E-state index is 13.1. The smallest absolute Gasteiger partial charge is 0.259 e. The molecule has 0 bridgehead atoms. The molecule has 3 aromatic rings. The summed E-state index contributed by atoms with van der Waals surface area (Å²) in [6.45, 7) is -0.0994. The van der Waals surface area contributed by atoms with E-state index in [2.05, 4.69) is 10.3 Å². The quantitative estimate of drug-likeness (QED) is 0.603. The van der Waals surface area contributed by atoms with Gasteiger partial charge < -0.3 is 24.3 Å². The number of methoxy groups -OCH3 is 1. The van der Waals surface area contributed by atoms with Crippen LogP contribution in [0.1, 0.15) is 27.8 Å². The molecule has 1 aromatic heterocycles. The predicted molar refractivity (Wildman–Crippen MR) is 116 cm³/mol. The van der Waals surface area contributed by atoms with Crippen molar-refractivity contribution in [3.63, 3.8) is 0 Å². The second-order valence-electron chi connectivity index (χ2n) is 7.18. The lowest BCUT2D eigenvalue weighted by Crippen LogP contribution is -2.31. The van der Waals surface area contributed by atoms with E-state index in [1.807, 2.05) is 42.1 Å². The van der Waals surface area contributed by atoms with Gasteiger partial charge in [0.1, 0.15) is 23.4 Å². The zero-order chi connectivity index (χ0) is 22.4. The van der Waals surface area contributed by atoms with Crippen LogP contribution in [0.4, 0.5) is 0 Å². The Morgan fingerprint density at radius 1 is 1.13 bits per heavy atom. The number of hydrogen-bond donors (Lipinski definition) is 1. The SMILES string of the molecule is COc1cccc(C(NC(=O)c2cccc(OCC(=O)N(C)C)c2)c2nccn2C)c1. The van der Waals surface area contributed by atoms with Crippen LogP contribution in [0.3, 0.4) is 0 Å². The number of carbonyl (C=O) groups excluding carboxylic acids is 2. The van der Waals surface area contributed by atoms with E-state index in [9.17, 15) is 9.59 Å². The fourth-order valence-electron chi connectivity index (χ4n) is 2.99. The van der Waals surface area contributed by atoms with E-state index in [0.29, 0.717) is 22.9 Å². The van der Waals surface area contributed by atoms with Crippen LogP contribution < -0.4 is 14.8 Å². The summed E-state index contributed by atoms with van der Waals surface area (Å²) in [4.78, 5) is 30.7. The first-order valence-corrected chi connectivity index (χ1v) is 9.74. The Bertz CT molecular complexity index is 1060. The first kappa shape index (κ1) is 21.9. The molecule has 8 heteroatoms. The minimum absolute atomic E-state index is 0.0994. The highest BCUT2D eigenvalue weighted by Crippen LogP contribution is 2.25. The van der Waals surface area contributed by atoms with Gasteiger partial charge in [-0.15, -0.1) is 0 Å². The summed E-state index contributed by atoms with van der Waals surface area (Å²) in [5, 5.41) is 3.05. The number of ether oxygens (including phenoxy) is 2. The van der Waals surface area contributed by atoms with E-state index in [1.165, 1.54) is 4.90 Å². The lowest BCUT2D eigenvalue weighted by molar-refractivity contribution is -0.130. The van der Waals surface area contributed by atoms with Gasteiger partial charge >= 0.3 is 0 Å². The summed E-state index contributed by atoms with van der Waals surface area (Å²) in [6.07, 6.45) is 3.51. The molecule has 0 aliphatic heterocycles. The number of aromatic nitrogens is 2. The van der Waals surface area contributed by atoms with E-state index < -0.39 is 6.04 Å². The van der Waals surface area contributed by atoms with Gasteiger partial charge in [0.25, 0.3) is 11.8 Å². The Morgan fingerprint density at radius 3 is 2.55 bits per heavy atom. The lowest BCUT2D eigenvalue weighted by atomic mass is 10.0. The van der Waals surface area contributed by atoms with Crippen LogP contribution in [-0.4, -0.2) is 54.1 Å². The molecule has 1 N–H and O–H groups in total. The van der Waals surface area contributed by atoms with Crippen LogP contribution in [0.2, 0.25) is 0 Å². The van der Waals surface area contributed by atoms with Crippen LogP contribution >= 0.6 is 0 Å². The molecule has 1 heterocycles. The Balaban J connectivity index is 1.83. The predicted octanol–water partition coefficient (Wildman–Crippen LogP) is 2.42. The van der Waals surface area contributed by atoms with Gasteiger partial charge in [0, 0.05) is 39.1 Å². The molecule has 0 spiro atoms. The van der Waals surface area contributed by atoms with Gasteiger partial charge in [-0.1, -0.05) is 18.2 Å². The van der Waals surface area contributed by atoms with Crippen molar-refractivity contribution in [2.75, 3.05) is 27.8 Å². The highest BCUT2D eigenvalue weighted by atomic mass is 16.5. The molecule has 0 aliphatic rings. The molecule has 0 radical (unpaired) electrons. The summed E-state index contributed by atoms with van der Waals surface area (Å²) in [5.41, 5.74) is 1.25. The average Bonchev–Trinajstić information content (AvgIpc) is 3.21. The van der Waals surface area contributed by atoms with E-state index >= 15 is 0 Å². The molecule has 31 heavy (non-hydrogen) atoms. The van der Waals surface area contributed by atoms with Gasteiger partial charge in [-0.3, -0.25) is 9.59 Å². The molecule has 0 fully saturated rings. The van der Waals surface area contributed by atoms with Gasteiger partial charge in [-0.05, 0) is 35.9 Å². The highest BCUT2D eigenvalue weighted by Gasteiger charge is 2.22. The fourth-order valence-corrected chi connectivity index (χ4v) is 2.99. The van der Waals surface area contributed by atoms with Crippen LogP contribution in [0.25, 0.3) is 0 Å². The third-order valence-corrected chi connectivity index (χ3v) is 4.78. The molecule has 0 saturated heterocycles. The Labute approximate surface area is 181 Å². The topological polar surface area (TPSA) is 85.7 Å². The van der Waals surface area contributed by atoms with Crippen molar-refractivity contribution >= 4 is 11.8 Å². The number of likely N-dealkylation sites (N-methyl/N-ethyl adjacent to an activating group) is 1. The Morgan fingerprint density at radius 2 is 1.87 bits per heavy atom. The van der Waals surface area contributed by atoms with Crippen molar-refractivity contribution in [3.05, 3.63) is 77.9 Å². The molecule has 0 aliphatic carbocycles. The minimum Gasteiger partial charge on any atom is -0.497 e. The number of rotatable bonds is 8. The highest BCUT2D eigenvalue weighted by molar-refractivity contribution is 5.95. The average molecular weight is 422 g/mol. The zero-order valence-corrected chi connectivity index (χ0v) is 18.0. The number of hydrogen-bond acceptors (Lipinski definition) is 5. The number of carbonyl (C=O) groups is 2. The Kier molecular flexibility index (Phi) is 6.92. The first-order chi connectivity index (χ1) is 14.9. The van der Waals surface area contributed by atoms with Gasteiger partial charge in [-0.25, -0.2) is 4.98 Å². The van der Waals surface area contributed by atoms with Crippen molar-refractivity contribution in [1.29, 1.82) is 0 Å². The van der Waals surface area contributed by atoms with Crippen molar-refractivity contribution in [2.24, 2.45) is 7.05 Å². The van der Waals surface area contributed by atoms with Gasteiger partial charge in [0.2, 0.25) is 0 Å². The molecule has 1 unspecified atom stereocenters. The van der Waals surface area contributed by atoms with E-state index in [4.69, 9.17) is 9.47 Å². The van der Waals surface area contributed by atoms with E-state index in [1.54, 1.807) is 51.7 Å². The third kappa shape index (κ3) is 5.42. The molecule has 0 saturated carbocycles. The van der Waals surface area contributed by atoms with Crippen molar-refractivity contribution in [1.82, 2.24) is 19.8 Å². The maximum Gasteiger partial charge on any atom is 0.259 e. The molecule has 2 amide bonds. The molecule has 1 atom stereocenters. The molecule has 2 aromatic carbocycles. The van der Waals surface area contributed by atoms with Crippen LogP contribution in [0, 0.1) is 0 Å². The maximum absolute atomic E-state index is 13.1. The summed E-state index contributed by atoms with van der Waals surface area (Å²) < 4.78 is 12.7. The van der Waals surface area contributed by atoms with Crippen molar-refractivity contribution < 1.29 is 19.1 Å². The normalized spacial score (nSPS) is 11.5. The zero-order valence-electron chi connectivity index (χ0n) is 18.0. The summed E-state index contributed by atoms with van der Waals surface area (Å²) in [7, 11) is 6.79. The number of amides is 2. The molecular weight excluding hydrogens is 396 g/mol. The van der Waals surface area contributed by atoms with Crippen LogP contribution in [-0.2, 0) is 11.8 Å². The molecule has 162 valence electrons. The van der Waals surface area contributed by atoms with Crippen LogP contribution in [0.15, 0.2) is 60.9 Å². The van der Waals surface area contributed by atoms with Gasteiger partial charge in [0.05, 0.1) is 7.11 Å². The van der Waals surface area contributed by atoms with Gasteiger partial charge in [0.15, 0.2) is 6.61 Å². The summed E-state index contributed by atoms with van der Waals surface area (Å²) in [6, 6.07) is 13.7. The molecule has 8 nitrogen and oxygen atoms in total. The van der Waals surface area contributed by atoms with Crippen molar-refractivity contribution in [3.8, 4) is 11.5 Å². The Hall–Kier alpha value is -3.81. The largest absolute Gasteiger partial charge is 0.497 e. The number of nitrogens with zero attached hydrogens (tertiary/aromatic N) is 3. The van der Waals surface area contributed by atoms with E-state index in [-0.39, 0.29) is 18.4 Å². The lowest BCUT2D eigenvalue weighted by Gasteiger charge is -2.20. The number of benzene rings is 2. The second-order valence-corrected chi connectivity index (χ2v) is 7.18. The summed E-state index contributed by atoms with van der Waals surface area (Å²) in [5.74, 6) is 1.36. The first-order valence-electron chi connectivity index (χ1n) is 9.74. The fraction of sp³-hybridized carbons (Fsp3) is 0.261. The number of imidazole rings is 1. The monoisotopic (exact) mass is 422 g/mol. The minimum atomic E-state index is -0.484. The standard InChI is InChI=1S/C23H26N4O4/c1-26(2)20(28)15-31-19-10-6-8-17(14-19)23(29)25-21(22-24-11-12-27(22)3)16-7-5-9-18(13-16)30-4/h5-14,21H,15H2,1-4H3,(H,25,29). The third-order valence-electron chi connectivity index (χ3n) is 4.78. The van der Waals surface area contributed by atoms with E-state index in [0.717, 1.165) is 5.56 Å². The number of nitrogens with one attached hydrogen (secondary N) is 1. The van der Waals surface area contributed by atoms with Gasteiger partial charge in [-0.2, -0.15) is 0 Å². The van der Waals surface area contributed by atoms with Crippen molar-refractivity contribution in [2.45, 2.75) is 6.04 Å². The second kappa shape index (κ2) is 9.80. The molecular formula is C23H26N4O4. The summed E-state index contributed by atoms with van der Waals surface area (Å²) >= 11 is 0.